The molecule has 0 aliphatic carbocycles. The zero-order chi connectivity index (χ0) is 13.0. The predicted octanol–water partition coefficient (Wildman–Crippen LogP) is 3.43. The highest BCUT2D eigenvalue weighted by atomic mass is 79.9. The monoisotopic (exact) mass is 298 g/mol. The summed E-state index contributed by atoms with van der Waals surface area (Å²) >= 11 is 3.52. The molecule has 0 amide bonds. The zero-order valence-corrected chi connectivity index (χ0v) is 12.7. The maximum Gasteiger partial charge on any atom is 0.0470 e. The van der Waals surface area contributed by atoms with E-state index in [0.29, 0.717) is 18.5 Å². The second kappa shape index (κ2) is 6.53. The van der Waals surface area contributed by atoms with Crippen molar-refractivity contribution in [2.24, 2.45) is 11.7 Å². The first-order valence-electron chi connectivity index (χ1n) is 6.14. The Morgan fingerprint density at radius 2 is 1.94 bits per heavy atom. The highest BCUT2D eigenvalue weighted by Gasteiger charge is 2.22. The van der Waals surface area contributed by atoms with Gasteiger partial charge in [0.15, 0.2) is 0 Å². The molecule has 96 valence electrons. The molecular formula is C14H23BrN2. The third-order valence-electron chi connectivity index (χ3n) is 3.56. The summed E-state index contributed by atoms with van der Waals surface area (Å²) in [5.74, 6) is 0.626. The Morgan fingerprint density at radius 3 is 2.41 bits per heavy atom. The number of nitrogens with zero attached hydrogens (tertiary/aromatic N) is 1. The average molecular weight is 299 g/mol. The third-order valence-corrected chi connectivity index (χ3v) is 4.05. The lowest BCUT2D eigenvalue weighted by Crippen LogP contribution is -2.39. The minimum atomic E-state index is 0.282. The van der Waals surface area contributed by atoms with Crippen molar-refractivity contribution in [1.82, 2.24) is 4.90 Å². The van der Waals surface area contributed by atoms with Gasteiger partial charge >= 0.3 is 0 Å². The van der Waals surface area contributed by atoms with Crippen LogP contribution in [0.25, 0.3) is 0 Å². The molecule has 0 heterocycles. The Balaban J connectivity index is 2.91. The molecule has 2 atom stereocenters. The normalized spacial score (nSPS) is 15.3. The molecule has 0 fully saturated rings. The van der Waals surface area contributed by atoms with Crippen LogP contribution in [0.1, 0.15) is 32.4 Å². The van der Waals surface area contributed by atoms with Crippen LogP contribution < -0.4 is 5.73 Å². The fourth-order valence-corrected chi connectivity index (χ4v) is 2.42. The minimum absolute atomic E-state index is 0.282. The first kappa shape index (κ1) is 14.7. The van der Waals surface area contributed by atoms with Crippen molar-refractivity contribution in [3.8, 4) is 0 Å². The van der Waals surface area contributed by atoms with Gasteiger partial charge in [0.2, 0.25) is 0 Å². The van der Waals surface area contributed by atoms with Crippen LogP contribution in [0.3, 0.4) is 0 Å². The van der Waals surface area contributed by atoms with Crippen molar-refractivity contribution in [3.63, 3.8) is 0 Å². The van der Waals surface area contributed by atoms with Crippen molar-refractivity contribution in [2.45, 2.75) is 32.9 Å². The molecule has 0 bridgehead atoms. The maximum atomic E-state index is 5.94. The molecule has 0 aliphatic rings. The standard InChI is InChI=1S/C14H23BrN2/c1-10(2)11(3)17(4)14(9-16)12-6-5-7-13(15)8-12/h5-8,10-11,14H,9,16H2,1-4H3. The van der Waals surface area contributed by atoms with E-state index in [4.69, 9.17) is 5.73 Å². The summed E-state index contributed by atoms with van der Waals surface area (Å²) in [6.07, 6.45) is 0. The molecule has 0 saturated carbocycles. The summed E-state index contributed by atoms with van der Waals surface area (Å²) in [4.78, 5) is 2.37. The number of hydrogen-bond donors (Lipinski definition) is 1. The van der Waals surface area contributed by atoms with Crippen molar-refractivity contribution in [1.29, 1.82) is 0 Å². The molecule has 1 rings (SSSR count). The molecule has 2 nitrogen and oxygen atoms in total. The molecule has 0 spiro atoms. The summed E-state index contributed by atoms with van der Waals surface area (Å²) in [6.45, 7) is 7.39. The number of hydrogen-bond acceptors (Lipinski definition) is 2. The molecule has 0 aliphatic heterocycles. The number of likely N-dealkylation sites (N-methyl/N-ethyl adjacent to an activating group) is 1. The molecule has 0 radical (unpaired) electrons. The Bertz CT molecular complexity index is 352. The van der Waals surface area contributed by atoms with Crippen LogP contribution in [-0.2, 0) is 0 Å². The van der Waals surface area contributed by atoms with Crippen LogP contribution in [-0.4, -0.2) is 24.5 Å². The van der Waals surface area contributed by atoms with Gasteiger partial charge in [-0.15, -0.1) is 0 Å². The summed E-state index contributed by atoms with van der Waals surface area (Å²) in [7, 11) is 2.16. The molecule has 17 heavy (non-hydrogen) atoms. The Hall–Kier alpha value is -0.380. The van der Waals surface area contributed by atoms with E-state index in [1.807, 2.05) is 6.07 Å². The van der Waals surface area contributed by atoms with Crippen molar-refractivity contribution in [2.75, 3.05) is 13.6 Å². The molecule has 2 unspecified atom stereocenters. The van der Waals surface area contributed by atoms with Crippen molar-refractivity contribution in [3.05, 3.63) is 34.3 Å². The minimum Gasteiger partial charge on any atom is -0.329 e. The Kier molecular flexibility index (Phi) is 5.63. The summed E-state index contributed by atoms with van der Waals surface area (Å²) in [5, 5.41) is 0. The molecule has 0 aromatic heterocycles. The molecule has 2 N–H and O–H groups in total. The quantitative estimate of drug-likeness (QED) is 0.902. The van der Waals surface area contributed by atoms with Crippen LogP contribution in [0.5, 0.6) is 0 Å². The maximum absolute atomic E-state index is 5.94. The van der Waals surface area contributed by atoms with Gasteiger partial charge in [0.1, 0.15) is 0 Å². The first-order valence-corrected chi connectivity index (χ1v) is 6.94. The van der Waals surface area contributed by atoms with Crippen molar-refractivity contribution < 1.29 is 0 Å². The molecular weight excluding hydrogens is 276 g/mol. The van der Waals surface area contributed by atoms with Gasteiger partial charge in [-0.2, -0.15) is 0 Å². The second-order valence-corrected chi connectivity index (χ2v) is 5.87. The van der Waals surface area contributed by atoms with Crippen LogP contribution in [0.4, 0.5) is 0 Å². The first-order chi connectivity index (χ1) is 7.97. The number of halogens is 1. The van der Waals surface area contributed by atoms with E-state index >= 15 is 0 Å². The molecule has 3 heteroatoms. The Labute approximate surface area is 113 Å². The molecule has 1 aromatic carbocycles. The van der Waals surface area contributed by atoms with Crippen LogP contribution in [0.2, 0.25) is 0 Å². The highest BCUT2D eigenvalue weighted by molar-refractivity contribution is 9.10. The number of nitrogens with two attached hydrogens (primary N) is 1. The van der Waals surface area contributed by atoms with Gasteiger partial charge in [-0.05, 0) is 37.6 Å². The Morgan fingerprint density at radius 1 is 1.29 bits per heavy atom. The zero-order valence-electron chi connectivity index (χ0n) is 11.2. The van der Waals surface area contributed by atoms with E-state index in [0.717, 1.165) is 4.47 Å². The van der Waals surface area contributed by atoms with E-state index in [1.165, 1.54) is 5.56 Å². The summed E-state index contributed by atoms with van der Waals surface area (Å²) in [5.41, 5.74) is 7.21. The second-order valence-electron chi connectivity index (χ2n) is 4.96. The predicted molar refractivity (Wildman–Crippen MR) is 78.0 cm³/mol. The van der Waals surface area contributed by atoms with Gasteiger partial charge in [0, 0.05) is 23.1 Å². The fraction of sp³-hybridized carbons (Fsp3) is 0.571. The van der Waals surface area contributed by atoms with E-state index in [9.17, 15) is 0 Å². The summed E-state index contributed by atoms with van der Waals surface area (Å²) in [6, 6.07) is 9.21. The topological polar surface area (TPSA) is 29.3 Å². The largest absolute Gasteiger partial charge is 0.329 e. The highest BCUT2D eigenvalue weighted by Crippen LogP contribution is 2.25. The smallest absolute Gasteiger partial charge is 0.0470 e. The summed E-state index contributed by atoms with van der Waals surface area (Å²) < 4.78 is 1.11. The average Bonchev–Trinajstić information content (AvgIpc) is 2.28. The van der Waals surface area contributed by atoms with Gasteiger partial charge in [-0.1, -0.05) is 41.9 Å². The van der Waals surface area contributed by atoms with E-state index in [2.05, 4.69) is 66.8 Å². The van der Waals surface area contributed by atoms with Gasteiger partial charge in [0.05, 0.1) is 0 Å². The van der Waals surface area contributed by atoms with Gasteiger partial charge in [-0.3, -0.25) is 4.90 Å². The van der Waals surface area contributed by atoms with Crippen molar-refractivity contribution >= 4 is 15.9 Å². The van der Waals surface area contributed by atoms with Crippen LogP contribution >= 0.6 is 15.9 Å². The number of rotatable bonds is 5. The van der Waals surface area contributed by atoms with E-state index < -0.39 is 0 Å². The van der Waals surface area contributed by atoms with E-state index in [-0.39, 0.29) is 6.04 Å². The van der Waals surface area contributed by atoms with E-state index in [1.54, 1.807) is 0 Å². The van der Waals surface area contributed by atoms with Gasteiger partial charge < -0.3 is 5.73 Å². The lowest BCUT2D eigenvalue weighted by atomic mass is 9.99. The molecule has 0 saturated heterocycles. The van der Waals surface area contributed by atoms with Gasteiger partial charge in [0.25, 0.3) is 0 Å². The molecule has 1 aromatic rings. The third kappa shape index (κ3) is 3.80. The SMILES string of the molecule is CC(C)C(C)N(C)C(CN)c1cccc(Br)c1. The van der Waals surface area contributed by atoms with Gasteiger partial charge in [-0.25, -0.2) is 0 Å². The lowest BCUT2D eigenvalue weighted by Gasteiger charge is -2.35. The number of benzene rings is 1. The fourth-order valence-electron chi connectivity index (χ4n) is 2.01. The van der Waals surface area contributed by atoms with Crippen LogP contribution in [0, 0.1) is 5.92 Å². The van der Waals surface area contributed by atoms with Crippen LogP contribution in [0.15, 0.2) is 28.7 Å². The lowest BCUT2D eigenvalue weighted by molar-refractivity contribution is 0.152.